The fourth-order valence-electron chi connectivity index (χ4n) is 2.29. The van der Waals surface area contributed by atoms with E-state index in [-0.39, 0.29) is 5.69 Å². The van der Waals surface area contributed by atoms with Gasteiger partial charge >= 0.3 is 0 Å². The summed E-state index contributed by atoms with van der Waals surface area (Å²) in [5.41, 5.74) is 1.74. The summed E-state index contributed by atoms with van der Waals surface area (Å²) < 4.78 is 1.69. The summed E-state index contributed by atoms with van der Waals surface area (Å²) in [6.07, 6.45) is 1.63. The minimum atomic E-state index is -0.420. The van der Waals surface area contributed by atoms with Gasteiger partial charge in [0, 0.05) is 17.6 Å². The Morgan fingerprint density at radius 2 is 1.80 bits per heavy atom. The molecule has 2 aromatic carbocycles. The fourth-order valence-corrected chi connectivity index (χ4v) is 2.29. The first kappa shape index (κ1) is 11.9. The second kappa shape index (κ2) is 4.52. The Morgan fingerprint density at radius 3 is 2.55 bits per heavy atom. The Labute approximate surface area is 114 Å². The van der Waals surface area contributed by atoms with E-state index in [1.54, 1.807) is 29.0 Å². The third-order valence-corrected chi connectivity index (χ3v) is 3.17. The maximum atomic E-state index is 11.1. The van der Waals surface area contributed by atoms with Gasteiger partial charge in [-0.2, -0.15) is 5.26 Å². The third kappa shape index (κ3) is 1.71. The number of nitriles is 1. The van der Waals surface area contributed by atoms with Crippen LogP contribution in [-0.2, 0) is 0 Å². The number of aromatic nitrogens is 1. The molecule has 3 aromatic rings. The molecule has 20 heavy (non-hydrogen) atoms. The van der Waals surface area contributed by atoms with Crippen LogP contribution >= 0.6 is 0 Å². The van der Waals surface area contributed by atoms with Crippen molar-refractivity contribution in [2.75, 3.05) is 0 Å². The van der Waals surface area contributed by atoms with Gasteiger partial charge in [-0.25, -0.2) is 0 Å². The quantitative estimate of drug-likeness (QED) is 0.525. The molecule has 96 valence electrons. The van der Waals surface area contributed by atoms with Crippen LogP contribution in [0.1, 0.15) is 5.56 Å². The van der Waals surface area contributed by atoms with Gasteiger partial charge in [0.25, 0.3) is 5.69 Å². The van der Waals surface area contributed by atoms with Crippen molar-refractivity contribution in [3.8, 4) is 11.8 Å². The van der Waals surface area contributed by atoms with Gasteiger partial charge in [-0.3, -0.25) is 10.1 Å². The summed E-state index contributed by atoms with van der Waals surface area (Å²) in [6.45, 7) is 0. The van der Waals surface area contributed by atoms with Crippen molar-refractivity contribution in [1.29, 1.82) is 5.26 Å². The van der Waals surface area contributed by atoms with Crippen molar-refractivity contribution in [3.05, 3.63) is 70.4 Å². The van der Waals surface area contributed by atoms with E-state index >= 15 is 0 Å². The normalized spacial score (nSPS) is 10.3. The standard InChI is InChI=1S/C15H9N3O2/c16-9-11-10-17(13-6-2-1-5-12(11)13)14-7-3-4-8-15(14)18(19)20/h1-8,10H. The molecule has 5 heteroatoms. The summed E-state index contributed by atoms with van der Waals surface area (Å²) in [4.78, 5) is 10.7. The first-order chi connectivity index (χ1) is 9.72. The number of para-hydroxylation sites is 3. The number of fused-ring (bicyclic) bond motifs is 1. The molecule has 0 saturated carbocycles. The van der Waals surface area contributed by atoms with Crippen LogP contribution in [0.2, 0.25) is 0 Å². The number of nitro benzene ring substituents is 1. The van der Waals surface area contributed by atoms with E-state index in [0.29, 0.717) is 11.3 Å². The molecule has 0 aliphatic carbocycles. The SMILES string of the molecule is N#Cc1cn(-c2ccccc2[N+](=O)[O-])c2ccccc12. The molecule has 1 aromatic heterocycles. The highest BCUT2D eigenvalue weighted by molar-refractivity contribution is 5.88. The number of nitrogens with zero attached hydrogens (tertiary/aromatic N) is 3. The van der Waals surface area contributed by atoms with Crippen molar-refractivity contribution < 1.29 is 4.92 Å². The minimum Gasteiger partial charge on any atom is -0.309 e. The zero-order valence-corrected chi connectivity index (χ0v) is 10.4. The van der Waals surface area contributed by atoms with Gasteiger partial charge in [-0.05, 0) is 12.1 Å². The molecule has 0 saturated heterocycles. The molecule has 0 spiro atoms. The lowest BCUT2D eigenvalue weighted by Crippen LogP contribution is -1.98. The molecule has 0 bridgehead atoms. The number of benzene rings is 2. The molecule has 0 N–H and O–H groups in total. The molecule has 5 nitrogen and oxygen atoms in total. The molecule has 0 unspecified atom stereocenters. The largest absolute Gasteiger partial charge is 0.309 e. The molecular formula is C15H9N3O2. The van der Waals surface area contributed by atoms with Crippen LogP contribution in [0.4, 0.5) is 5.69 Å². The van der Waals surface area contributed by atoms with Gasteiger partial charge in [-0.1, -0.05) is 30.3 Å². The van der Waals surface area contributed by atoms with Crippen LogP contribution in [0.25, 0.3) is 16.6 Å². The van der Waals surface area contributed by atoms with Crippen molar-refractivity contribution >= 4 is 16.6 Å². The first-order valence-electron chi connectivity index (χ1n) is 5.96. The summed E-state index contributed by atoms with van der Waals surface area (Å²) in [6, 6.07) is 16.0. The van der Waals surface area contributed by atoms with Gasteiger partial charge in [0.1, 0.15) is 11.8 Å². The molecule has 0 amide bonds. The molecule has 0 fully saturated rings. The summed E-state index contributed by atoms with van der Waals surface area (Å²) in [5, 5.41) is 21.1. The number of nitro groups is 1. The van der Waals surface area contributed by atoms with Gasteiger partial charge in [-0.15, -0.1) is 0 Å². The molecule has 1 heterocycles. The predicted molar refractivity (Wildman–Crippen MR) is 74.6 cm³/mol. The second-order valence-corrected chi connectivity index (χ2v) is 4.29. The van der Waals surface area contributed by atoms with E-state index in [1.165, 1.54) is 6.07 Å². The zero-order valence-electron chi connectivity index (χ0n) is 10.4. The van der Waals surface area contributed by atoms with E-state index in [4.69, 9.17) is 0 Å². The summed E-state index contributed by atoms with van der Waals surface area (Å²) >= 11 is 0. The van der Waals surface area contributed by atoms with Crippen LogP contribution in [-0.4, -0.2) is 9.49 Å². The van der Waals surface area contributed by atoms with Crippen LogP contribution in [0.5, 0.6) is 0 Å². The molecule has 0 atom stereocenters. The van der Waals surface area contributed by atoms with E-state index in [2.05, 4.69) is 6.07 Å². The lowest BCUT2D eigenvalue weighted by atomic mass is 10.2. The lowest BCUT2D eigenvalue weighted by molar-refractivity contribution is -0.384. The molecular weight excluding hydrogens is 254 g/mol. The van der Waals surface area contributed by atoms with Crippen molar-refractivity contribution in [2.45, 2.75) is 0 Å². The van der Waals surface area contributed by atoms with E-state index in [1.807, 2.05) is 24.3 Å². The van der Waals surface area contributed by atoms with Gasteiger partial charge < -0.3 is 4.57 Å². The molecule has 0 aliphatic heterocycles. The average molecular weight is 263 g/mol. The monoisotopic (exact) mass is 263 g/mol. The zero-order chi connectivity index (χ0) is 14.1. The van der Waals surface area contributed by atoms with Crippen LogP contribution in [0.15, 0.2) is 54.7 Å². The maximum Gasteiger partial charge on any atom is 0.293 e. The predicted octanol–water partition coefficient (Wildman–Crippen LogP) is 3.41. The fraction of sp³-hybridized carbons (Fsp3) is 0. The Hall–Kier alpha value is -3.13. The Bertz CT molecular complexity index is 859. The van der Waals surface area contributed by atoms with Crippen molar-refractivity contribution in [3.63, 3.8) is 0 Å². The second-order valence-electron chi connectivity index (χ2n) is 4.29. The summed E-state index contributed by atoms with van der Waals surface area (Å²) in [7, 11) is 0. The van der Waals surface area contributed by atoms with Gasteiger partial charge in [0.05, 0.1) is 16.0 Å². The number of rotatable bonds is 2. The van der Waals surface area contributed by atoms with E-state index < -0.39 is 4.92 Å². The molecule has 3 rings (SSSR count). The van der Waals surface area contributed by atoms with Crippen molar-refractivity contribution in [2.24, 2.45) is 0 Å². The highest BCUT2D eigenvalue weighted by atomic mass is 16.6. The highest BCUT2D eigenvalue weighted by Crippen LogP contribution is 2.29. The van der Waals surface area contributed by atoms with Crippen LogP contribution in [0, 0.1) is 21.4 Å². The highest BCUT2D eigenvalue weighted by Gasteiger charge is 2.17. The van der Waals surface area contributed by atoms with Crippen molar-refractivity contribution in [1.82, 2.24) is 4.57 Å². The van der Waals surface area contributed by atoms with E-state index in [9.17, 15) is 15.4 Å². The average Bonchev–Trinajstić information content (AvgIpc) is 2.86. The number of hydrogen-bond acceptors (Lipinski definition) is 3. The summed E-state index contributed by atoms with van der Waals surface area (Å²) in [5.74, 6) is 0. The van der Waals surface area contributed by atoms with E-state index in [0.717, 1.165) is 10.9 Å². The number of hydrogen-bond donors (Lipinski definition) is 0. The molecule has 0 aliphatic rings. The Morgan fingerprint density at radius 1 is 1.10 bits per heavy atom. The maximum absolute atomic E-state index is 11.1. The Balaban J connectivity index is 2.37. The lowest BCUT2D eigenvalue weighted by Gasteiger charge is -2.05. The smallest absolute Gasteiger partial charge is 0.293 e. The van der Waals surface area contributed by atoms with Crippen LogP contribution in [0.3, 0.4) is 0 Å². The third-order valence-electron chi connectivity index (χ3n) is 3.17. The van der Waals surface area contributed by atoms with Gasteiger partial charge in [0.2, 0.25) is 0 Å². The first-order valence-corrected chi connectivity index (χ1v) is 5.96. The van der Waals surface area contributed by atoms with Gasteiger partial charge in [0.15, 0.2) is 0 Å². The molecule has 0 radical (unpaired) electrons. The topological polar surface area (TPSA) is 71.9 Å². The van der Waals surface area contributed by atoms with Crippen LogP contribution < -0.4 is 0 Å². The minimum absolute atomic E-state index is 0.0118. The Kier molecular flexibility index (Phi) is 2.70.